The van der Waals surface area contributed by atoms with Crippen LogP contribution in [0.5, 0.6) is 0 Å². The number of rotatable bonds is 7. The van der Waals surface area contributed by atoms with Gasteiger partial charge in [0.25, 0.3) is 0 Å². The van der Waals surface area contributed by atoms with E-state index in [2.05, 4.69) is 10.5 Å². The maximum absolute atomic E-state index is 14.4. The van der Waals surface area contributed by atoms with Crippen molar-refractivity contribution in [3.05, 3.63) is 69.2 Å². The molecule has 14 heteroatoms. The summed E-state index contributed by atoms with van der Waals surface area (Å²) in [5.74, 6) is -1.77. The normalized spacial score (nSPS) is 21.2. The minimum atomic E-state index is -4.81. The van der Waals surface area contributed by atoms with Gasteiger partial charge in [-0.3, -0.25) is 9.59 Å². The summed E-state index contributed by atoms with van der Waals surface area (Å²) in [5, 5.41) is 7.78. The first kappa shape index (κ1) is 28.5. The van der Waals surface area contributed by atoms with Crippen LogP contribution < -0.4 is 31.8 Å². The third-order valence-electron chi connectivity index (χ3n) is 5.94. The first-order chi connectivity index (χ1) is 17.7. The van der Waals surface area contributed by atoms with Crippen LogP contribution in [0.1, 0.15) is 43.0 Å². The summed E-state index contributed by atoms with van der Waals surface area (Å²) in [6, 6.07) is 8.57. The molecule has 2 aliphatic rings. The zero-order valence-corrected chi connectivity index (χ0v) is 22.5. The molecule has 2 unspecified atom stereocenters. The molecule has 2 aromatic carbocycles. The van der Waals surface area contributed by atoms with Crippen LogP contribution in [0.3, 0.4) is 0 Å². The Morgan fingerprint density at radius 2 is 1.84 bits per heavy atom. The summed E-state index contributed by atoms with van der Waals surface area (Å²) in [4.78, 5) is 29.1. The number of amides is 2. The number of hydrogen-bond donors (Lipinski definition) is 2. The molecule has 1 saturated heterocycles. The molecule has 38 heavy (non-hydrogen) atoms. The zero-order chi connectivity index (χ0) is 27.9. The van der Waals surface area contributed by atoms with Gasteiger partial charge in [-0.1, -0.05) is 0 Å². The van der Waals surface area contributed by atoms with Crippen molar-refractivity contribution < 1.29 is 62.0 Å². The van der Waals surface area contributed by atoms with Crippen molar-refractivity contribution in [2.24, 2.45) is 5.16 Å². The average Bonchev–Trinajstić information content (AvgIpc) is 3.57. The number of oxime groups is 1. The molecule has 0 saturated carbocycles. The van der Waals surface area contributed by atoms with Gasteiger partial charge in [-0.2, -0.15) is 13.2 Å². The Morgan fingerprint density at radius 1 is 1.13 bits per heavy atom. The van der Waals surface area contributed by atoms with E-state index in [-0.39, 0.29) is 47.0 Å². The summed E-state index contributed by atoms with van der Waals surface area (Å²) < 4.78 is 81.1. The minimum absolute atomic E-state index is 0.0179. The molecule has 2 N–H and O–H groups in total. The van der Waals surface area contributed by atoms with Crippen LogP contribution in [0.15, 0.2) is 41.6 Å². The molecular weight excluding hydrogens is 655 g/mol. The molecule has 2 amide bonds. The number of aryl methyl sites for hydroxylation is 1. The molecule has 2 atom stereocenters. The quantitative estimate of drug-likeness (QED) is 0.267. The predicted molar refractivity (Wildman–Crippen MR) is 122 cm³/mol. The van der Waals surface area contributed by atoms with Gasteiger partial charge in [0.15, 0.2) is 0 Å². The van der Waals surface area contributed by atoms with Crippen molar-refractivity contribution in [2.45, 2.75) is 35.2 Å². The number of nitrogens with one attached hydrogen (secondary N) is 2. The molecular formula is C24H20ClF6IN3O3-. The molecule has 0 bridgehead atoms. The van der Waals surface area contributed by atoms with Gasteiger partial charge in [-0.05, 0) is 0 Å². The number of hydrogen-bond acceptors (Lipinski definition) is 4. The van der Waals surface area contributed by atoms with Crippen LogP contribution >= 0.6 is 11.6 Å². The Balaban J connectivity index is 1.49. The minimum Gasteiger partial charge on any atom is -0.345 e. The molecule has 0 spiro atoms. The number of nitrogens with zero attached hydrogens (tertiary/aromatic N) is 1. The van der Waals surface area contributed by atoms with Crippen LogP contribution in [0.25, 0.3) is 0 Å². The Labute approximate surface area is 228 Å². The van der Waals surface area contributed by atoms with E-state index in [4.69, 9.17) is 16.4 Å². The zero-order valence-electron chi connectivity index (χ0n) is 19.6. The Kier molecular flexibility index (Phi) is 7.90. The second-order valence-electron chi connectivity index (χ2n) is 8.78. The molecule has 2 aliphatic heterocycles. The summed E-state index contributed by atoms with van der Waals surface area (Å²) in [6.07, 6.45) is -10.0. The molecule has 4 rings (SSSR count). The Hall–Kier alpha value is -2.55. The number of halogens is 8. The van der Waals surface area contributed by atoms with Crippen molar-refractivity contribution in [2.75, 3.05) is 17.5 Å². The van der Waals surface area contributed by atoms with Crippen molar-refractivity contribution in [1.29, 1.82) is 0 Å². The Bertz CT molecular complexity index is 1300. The molecule has 0 aliphatic carbocycles. The second kappa shape index (κ2) is 10.5. The number of carbonyl (C=O) groups is 2. The fourth-order valence-corrected chi connectivity index (χ4v) is 5.80. The number of alkyl halides is 8. The van der Waals surface area contributed by atoms with Gasteiger partial charge in [0, 0.05) is 0 Å². The van der Waals surface area contributed by atoms with Crippen LogP contribution in [0, 0.1) is 6.92 Å². The first-order valence-electron chi connectivity index (χ1n) is 11.1. The average molecular weight is 675 g/mol. The van der Waals surface area contributed by atoms with E-state index in [1.807, 2.05) is 0 Å². The SMILES string of the molecule is Cc1cc(C2=NOC(c3cc(Cl)cc(C4C[I-]4)c3)(C(F)(F)F)C2)ccc1C(=O)NCC(=O)NCC(F)(F)F. The van der Waals surface area contributed by atoms with Gasteiger partial charge in [0.1, 0.15) is 6.54 Å². The second-order valence-corrected chi connectivity index (χ2v) is 12.5. The van der Waals surface area contributed by atoms with E-state index in [0.717, 1.165) is 9.99 Å². The molecule has 2 aromatic rings. The number of benzene rings is 2. The smallest absolute Gasteiger partial charge is 0.345 e. The van der Waals surface area contributed by atoms with Crippen molar-refractivity contribution in [3.8, 4) is 0 Å². The predicted octanol–water partition coefficient (Wildman–Crippen LogP) is 1.78. The summed E-state index contributed by atoms with van der Waals surface area (Å²) >= 11 is 6.08. The van der Waals surface area contributed by atoms with Gasteiger partial charge in [-0.15, -0.1) is 0 Å². The van der Waals surface area contributed by atoms with Crippen molar-refractivity contribution in [1.82, 2.24) is 10.6 Å². The van der Waals surface area contributed by atoms with Gasteiger partial charge in [0.2, 0.25) is 5.91 Å². The van der Waals surface area contributed by atoms with Crippen LogP contribution in [-0.4, -0.2) is 47.4 Å². The number of carbonyl (C=O) groups excluding carboxylic acids is 2. The van der Waals surface area contributed by atoms with Gasteiger partial charge in [-0.25, -0.2) is 0 Å². The molecule has 1 fully saturated rings. The molecule has 2 heterocycles. The molecule has 6 nitrogen and oxygen atoms in total. The monoisotopic (exact) mass is 674 g/mol. The summed E-state index contributed by atoms with van der Waals surface area (Å²) in [7, 11) is 0. The summed E-state index contributed by atoms with van der Waals surface area (Å²) in [6.45, 7) is -0.690. The maximum atomic E-state index is 14.4. The van der Waals surface area contributed by atoms with Crippen LogP contribution in [0.2, 0.25) is 5.02 Å². The molecule has 206 valence electrons. The third kappa shape index (κ3) is 6.35. The van der Waals surface area contributed by atoms with E-state index in [0.29, 0.717) is 11.1 Å². The van der Waals surface area contributed by atoms with E-state index in [9.17, 15) is 35.9 Å². The Morgan fingerprint density at radius 3 is 2.45 bits per heavy atom. The van der Waals surface area contributed by atoms with E-state index < -0.39 is 49.3 Å². The molecule has 0 aromatic heterocycles. The first-order valence-corrected chi connectivity index (χ1v) is 14.3. The summed E-state index contributed by atoms with van der Waals surface area (Å²) in [5.41, 5.74) is -1.33. The van der Waals surface area contributed by atoms with Crippen molar-refractivity contribution in [3.63, 3.8) is 0 Å². The standard InChI is InChI=1S/C24H20ClF6IN3O3/c1-12-4-13(2-3-17(12)21(37)33-10-20(36)34-11-23(26,27)28)19-8-22(38-35-19,24(29,30)31)15-5-14(18-9-32-18)6-16(25)7-15/h2-7,18H,8-11H2,1H3,(H,33,37)(H,34,36)/q-1. The fourth-order valence-electron chi connectivity index (χ4n) is 3.92. The molecule has 0 radical (unpaired) electrons. The van der Waals surface area contributed by atoms with Gasteiger partial charge >= 0.3 is 176 Å². The van der Waals surface area contributed by atoms with Crippen molar-refractivity contribution >= 4 is 29.1 Å². The van der Waals surface area contributed by atoms with Gasteiger partial charge in [0.05, 0.1) is 6.54 Å². The fraction of sp³-hybridized carbons (Fsp3) is 0.375. The van der Waals surface area contributed by atoms with E-state index in [1.165, 1.54) is 37.3 Å². The van der Waals surface area contributed by atoms with E-state index >= 15 is 0 Å². The van der Waals surface area contributed by atoms with Gasteiger partial charge < -0.3 is 10.6 Å². The van der Waals surface area contributed by atoms with E-state index in [1.54, 1.807) is 11.4 Å². The third-order valence-corrected chi connectivity index (χ3v) is 8.64. The topological polar surface area (TPSA) is 79.8 Å². The van der Waals surface area contributed by atoms with Crippen LogP contribution in [-0.2, 0) is 15.2 Å². The van der Waals surface area contributed by atoms with Crippen LogP contribution in [0.4, 0.5) is 26.3 Å².